The van der Waals surface area contributed by atoms with Crippen molar-refractivity contribution < 1.29 is 9.59 Å². The van der Waals surface area contributed by atoms with Crippen LogP contribution >= 0.6 is 0 Å². The van der Waals surface area contributed by atoms with Crippen LogP contribution in [-0.4, -0.2) is 23.4 Å². The molecule has 4 heteroatoms. The first-order valence-corrected chi connectivity index (χ1v) is 7.49. The Labute approximate surface area is 115 Å². The molecule has 2 saturated carbocycles. The summed E-state index contributed by atoms with van der Waals surface area (Å²) in [5, 5.41) is 6.06. The quantitative estimate of drug-likeness (QED) is 0.820. The van der Waals surface area contributed by atoms with Gasteiger partial charge in [-0.1, -0.05) is 19.3 Å². The van der Waals surface area contributed by atoms with Gasteiger partial charge < -0.3 is 10.6 Å². The normalized spacial score (nSPS) is 27.7. The molecule has 0 saturated heterocycles. The van der Waals surface area contributed by atoms with Gasteiger partial charge in [-0.25, -0.2) is 0 Å². The van der Waals surface area contributed by atoms with Gasteiger partial charge in [-0.15, -0.1) is 0 Å². The zero-order valence-electron chi connectivity index (χ0n) is 12.3. The summed E-state index contributed by atoms with van der Waals surface area (Å²) in [6.07, 6.45) is 6.61. The molecule has 108 valence electrons. The molecule has 2 unspecified atom stereocenters. The fourth-order valence-corrected chi connectivity index (χ4v) is 2.79. The number of rotatable bonds is 3. The molecule has 0 bridgehead atoms. The monoisotopic (exact) mass is 266 g/mol. The summed E-state index contributed by atoms with van der Waals surface area (Å²) in [5.41, 5.74) is -0.218. The van der Waals surface area contributed by atoms with E-state index < -0.39 is 0 Å². The predicted octanol–water partition coefficient (Wildman–Crippen LogP) is 1.99. The molecule has 0 heterocycles. The van der Waals surface area contributed by atoms with E-state index in [0.29, 0.717) is 12.5 Å². The molecule has 0 spiro atoms. The number of amides is 2. The summed E-state index contributed by atoms with van der Waals surface area (Å²) >= 11 is 0. The molecule has 2 atom stereocenters. The Morgan fingerprint density at radius 2 is 1.53 bits per heavy atom. The summed E-state index contributed by atoms with van der Waals surface area (Å²) in [6.45, 7) is 5.89. The van der Waals surface area contributed by atoms with Crippen LogP contribution in [0.1, 0.15) is 59.3 Å². The number of hydrogen-bond donors (Lipinski definition) is 2. The number of nitrogens with one attached hydrogen (secondary N) is 2. The van der Waals surface area contributed by atoms with Crippen molar-refractivity contribution in [1.82, 2.24) is 10.6 Å². The summed E-state index contributed by atoms with van der Waals surface area (Å²) in [5.74, 6) is -0.0932. The van der Waals surface area contributed by atoms with Crippen LogP contribution in [0.15, 0.2) is 0 Å². The SMILES string of the molecule is CC(C)(C)NC(=O)C1CC1C(=O)NC1CCCCC1. The van der Waals surface area contributed by atoms with E-state index in [2.05, 4.69) is 10.6 Å². The first kappa shape index (κ1) is 14.4. The van der Waals surface area contributed by atoms with Crippen LogP contribution in [0, 0.1) is 11.8 Å². The average molecular weight is 266 g/mol. The van der Waals surface area contributed by atoms with Crippen LogP contribution in [0.4, 0.5) is 0 Å². The van der Waals surface area contributed by atoms with Gasteiger partial charge in [0.25, 0.3) is 0 Å². The standard InChI is InChI=1S/C15H26N2O2/c1-15(2,3)17-14(19)12-9-11(12)13(18)16-10-7-5-4-6-8-10/h10-12H,4-9H2,1-3H3,(H,16,18)(H,17,19). The van der Waals surface area contributed by atoms with E-state index in [-0.39, 0.29) is 29.2 Å². The van der Waals surface area contributed by atoms with Crippen molar-refractivity contribution >= 4 is 11.8 Å². The molecule has 2 fully saturated rings. The Bertz CT molecular complexity index is 354. The lowest BCUT2D eigenvalue weighted by molar-refractivity contribution is -0.128. The summed E-state index contributed by atoms with van der Waals surface area (Å²) in [4.78, 5) is 24.0. The van der Waals surface area contributed by atoms with E-state index in [1.165, 1.54) is 19.3 Å². The summed E-state index contributed by atoms with van der Waals surface area (Å²) in [6, 6.07) is 0.341. The van der Waals surface area contributed by atoms with E-state index in [9.17, 15) is 9.59 Å². The lowest BCUT2D eigenvalue weighted by Crippen LogP contribution is -2.43. The third kappa shape index (κ3) is 4.22. The highest BCUT2D eigenvalue weighted by atomic mass is 16.2. The first-order chi connectivity index (χ1) is 8.87. The highest BCUT2D eigenvalue weighted by Crippen LogP contribution is 2.39. The van der Waals surface area contributed by atoms with E-state index in [4.69, 9.17) is 0 Å². The molecular weight excluding hydrogens is 240 g/mol. The Hall–Kier alpha value is -1.06. The van der Waals surface area contributed by atoms with E-state index >= 15 is 0 Å². The van der Waals surface area contributed by atoms with Crippen molar-refractivity contribution in [2.75, 3.05) is 0 Å². The van der Waals surface area contributed by atoms with Crippen molar-refractivity contribution in [1.29, 1.82) is 0 Å². The molecule has 4 nitrogen and oxygen atoms in total. The Morgan fingerprint density at radius 3 is 2.11 bits per heavy atom. The second-order valence-electron chi connectivity index (χ2n) is 7.03. The topological polar surface area (TPSA) is 58.2 Å². The van der Waals surface area contributed by atoms with Crippen molar-refractivity contribution in [3.63, 3.8) is 0 Å². The summed E-state index contributed by atoms with van der Waals surface area (Å²) < 4.78 is 0. The fourth-order valence-electron chi connectivity index (χ4n) is 2.79. The predicted molar refractivity (Wildman–Crippen MR) is 74.5 cm³/mol. The first-order valence-electron chi connectivity index (χ1n) is 7.49. The van der Waals surface area contributed by atoms with Crippen LogP contribution in [0.5, 0.6) is 0 Å². The maximum absolute atomic E-state index is 12.1. The molecular formula is C15H26N2O2. The highest BCUT2D eigenvalue weighted by Gasteiger charge is 2.48. The van der Waals surface area contributed by atoms with Gasteiger partial charge in [-0.3, -0.25) is 9.59 Å². The van der Waals surface area contributed by atoms with Crippen LogP contribution < -0.4 is 10.6 Å². The van der Waals surface area contributed by atoms with Crippen LogP contribution in [-0.2, 0) is 9.59 Å². The maximum atomic E-state index is 12.1. The van der Waals surface area contributed by atoms with Gasteiger partial charge in [-0.05, 0) is 40.0 Å². The van der Waals surface area contributed by atoms with Crippen molar-refractivity contribution in [2.24, 2.45) is 11.8 Å². The Morgan fingerprint density at radius 1 is 0.947 bits per heavy atom. The second kappa shape index (κ2) is 5.51. The number of carbonyl (C=O) groups excluding carboxylic acids is 2. The van der Waals surface area contributed by atoms with E-state index in [1.54, 1.807) is 0 Å². The van der Waals surface area contributed by atoms with Gasteiger partial charge in [0.05, 0.1) is 11.8 Å². The van der Waals surface area contributed by atoms with Crippen LogP contribution in [0.25, 0.3) is 0 Å². The molecule has 2 aliphatic carbocycles. The zero-order chi connectivity index (χ0) is 14.0. The van der Waals surface area contributed by atoms with Gasteiger partial charge in [0.2, 0.25) is 11.8 Å². The number of carbonyl (C=O) groups is 2. The molecule has 0 aromatic carbocycles. The third-order valence-electron chi connectivity index (χ3n) is 3.91. The van der Waals surface area contributed by atoms with Crippen molar-refractivity contribution in [3.8, 4) is 0 Å². The van der Waals surface area contributed by atoms with Gasteiger partial charge in [-0.2, -0.15) is 0 Å². The molecule has 2 N–H and O–H groups in total. The van der Waals surface area contributed by atoms with Gasteiger partial charge in [0, 0.05) is 11.6 Å². The van der Waals surface area contributed by atoms with Gasteiger partial charge in [0.15, 0.2) is 0 Å². The maximum Gasteiger partial charge on any atom is 0.224 e. The smallest absolute Gasteiger partial charge is 0.224 e. The van der Waals surface area contributed by atoms with Gasteiger partial charge >= 0.3 is 0 Å². The molecule has 0 radical (unpaired) electrons. The highest BCUT2D eigenvalue weighted by molar-refractivity contribution is 5.92. The molecule has 0 aromatic rings. The average Bonchev–Trinajstić information content (AvgIpc) is 3.08. The lowest BCUT2D eigenvalue weighted by atomic mass is 9.95. The lowest BCUT2D eigenvalue weighted by Gasteiger charge is -2.23. The van der Waals surface area contributed by atoms with Gasteiger partial charge in [0.1, 0.15) is 0 Å². The summed E-state index contributed by atoms with van der Waals surface area (Å²) in [7, 11) is 0. The van der Waals surface area contributed by atoms with Crippen molar-refractivity contribution in [3.05, 3.63) is 0 Å². The molecule has 2 aliphatic rings. The molecule has 2 rings (SSSR count). The van der Waals surface area contributed by atoms with Crippen LogP contribution in [0.3, 0.4) is 0 Å². The second-order valence-corrected chi connectivity index (χ2v) is 7.03. The minimum atomic E-state index is -0.218. The Balaban J connectivity index is 1.75. The van der Waals surface area contributed by atoms with Crippen molar-refractivity contribution in [2.45, 2.75) is 70.9 Å². The zero-order valence-corrected chi connectivity index (χ0v) is 12.3. The number of hydrogen-bond acceptors (Lipinski definition) is 2. The van der Waals surface area contributed by atoms with Crippen LogP contribution in [0.2, 0.25) is 0 Å². The third-order valence-corrected chi connectivity index (χ3v) is 3.91. The largest absolute Gasteiger partial charge is 0.353 e. The molecule has 0 aromatic heterocycles. The minimum absolute atomic E-state index is 0.0243. The van der Waals surface area contributed by atoms with E-state index in [0.717, 1.165) is 12.8 Å². The molecule has 0 aliphatic heterocycles. The fraction of sp³-hybridized carbons (Fsp3) is 0.867. The minimum Gasteiger partial charge on any atom is -0.353 e. The Kier molecular flexibility index (Phi) is 4.16. The van der Waals surface area contributed by atoms with E-state index in [1.807, 2.05) is 20.8 Å². The molecule has 19 heavy (non-hydrogen) atoms. The molecule has 2 amide bonds.